The zero-order chi connectivity index (χ0) is 6.27. The first-order valence-corrected chi connectivity index (χ1v) is 2.81. The molecule has 0 aliphatic carbocycles. The van der Waals surface area contributed by atoms with E-state index in [1.807, 2.05) is 0 Å². The summed E-state index contributed by atoms with van der Waals surface area (Å²) in [5.41, 5.74) is 0. The molecule has 4 nitrogen and oxygen atoms in total. The molecule has 0 N–H and O–H groups in total. The number of carbonyl (C=O) groups is 1. The average molecular weight is 130 g/mol. The van der Waals surface area contributed by atoms with Gasteiger partial charge in [0.25, 0.3) is 0 Å². The van der Waals surface area contributed by atoms with Gasteiger partial charge in [0.05, 0.1) is 6.61 Å². The van der Waals surface area contributed by atoms with Crippen molar-refractivity contribution in [1.29, 1.82) is 0 Å². The van der Waals surface area contributed by atoms with Crippen LogP contribution >= 0.6 is 0 Å². The molecule has 0 radical (unpaired) electrons. The van der Waals surface area contributed by atoms with Crippen LogP contribution in [0.5, 0.6) is 0 Å². The third-order valence-electron chi connectivity index (χ3n) is 1.39. The summed E-state index contributed by atoms with van der Waals surface area (Å²) >= 11 is 0. The molecule has 0 aromatic rings. The lowest BCUT2D eigenvalue weighted by molar-refractivity contribution is 0.109. The van der Waals surface area contributed by atoms with Gasteiger partial charge in [-0.2, -0.15) is 0 Å². The number of epoxide rings is 1. The molecule has 4 heteroatoms. The predicted octanol–water partition coefficient (Wildman–Crippen LogP) is -0.0794. The van der Waals surface area contributed by atoms with Crippen LogP contribution in [-0.4, -0.2) is 31.6 Å². The van der Waals surface area contributed by atoms with E-state index in [2.05, 4.69) is 4.74 Å². The van der Waals surface area contributed by atoms with Gasteiger partial charge in [0.15, 0.2) is 6.10 Å². The molecule has 2 rings (SSSR count). The second-order valence-electron chi connectivity index (χ2n) is 2.09. The maximum Gasteiger partial charge on any atom is 0.508 e. The fourth-order valence-electron chi connectivity index (χ4n) is 0.795. The fraction of sp³-hybridized carbons (Fsp3) is 0.800. The minimum absolute atomic E-state index is 0.108. The van der Waals surface area contributed by atoms with Gasteiger partial charge in [-0.15, -0.1) is 0 Å². The SMILES string of the molecule is O=C1OCC(C2CO2)O1. The van der Waals surface area contributed by atoms with Crippen molar-refractivity contribution in [1.82, 2.24) is 0 Å². The maximum absolute atomic E-state index is 10.3. The van der Waals surface area contributed by atoms with E-state index in [9.17, 15) is 4.79 Å². The molecule has 0 amide bonds. The summed E-state index contributed by atoms with van der Waals surface area (Å²) in [5.74, 6) is 0. The summed E-state index contributed by atoms with van der Waals surface area (Å²) in [4.78, 5) is 10.3. The summed E-state index contributed by atoms with van der Waals surface area (Å²) in [5, 5.41) is 0. The minimum Gasteiger partial charge on any atom is -0.430 e. The van der Waals surface area contributed by atoms with Gasteiger partial charge in [-0.3, -0.25) is 0 Å². The Morgan fingerprint density at radius 3 is 2.56 bits per heavy atom. The number of cyclic esters (lactones) is 2. The predicted molar refractivity (Wildman–Crippen MR) is 26.0 cm³/mol. The van der Waals surface area contributed by atoms with Crippen molar-refractivity contribution >= 4 is 6.16 Å². The fourth-order valence-corrected chi connectivity index (χ4v) is 0.795. The lowest BCUT2D eigenvalue weighted by Gasteiger charge is -1.97. The van der Waals surface area contributed by atoms with Crippen molar-refractivity contribution in [3.05, 3.63) is 0 Å². The number of rotatable bonds is 1. The van der Waals surface area contributed by atoms with E-state index in [4.69, 9.17) is 9.47 Å². The third-order valence-corrected chi connectivity index (χ3v) is 1.39. The molecule has 2 atom stereocenters. The monoisotopic (exact) mass is 130 g/mol. The third kappa shape index (κ3) is 0.853. The molecule has 0 saturated carbocycles. The zero-order valence-corrected chi connectivity index (χ0v) is 4.70. The largest absolute Gasteiger partial charge is 0.508 e. The van der Waals surface area contributed by atoms with Crippen molar-refractivity contribution in [3.63, 3.8) is 0 Å². The number of ether oxygens (including phenoxy) is 3. The van der Waals surface area contributed by atoms with Gasteiger partial charge in [-0.05, 0) is 0 Å². The quantitative estimate of drug-likeness (QED) is 0.368. The Balaban J connectivity index is 1.92. The van der Waals surface area contributed by atoms with Crippen LogP contribution in [0.25, 0.3) is 0 Å². The molecule has 2 fully saturated rings. The van der Waals surface area contributed by atoms with Crippen molar-refractivity contribution in [3.8, 4) is 0 Å². The zero-order valence-electron chi connectivity index (χ0n) is 4.70. The van der Waals surface area contributed by atoms with E-state index < -0.39 is 6.16 Å². The van der Waals surface area contributed by atoms with Gasteiger partial charge in [0, 0.05) is 0 Å². The lowest BCUT2D eigenvalue weighted by Crippen LogP contribution is -2.16. The van der Waals surface area contributed by atoms with E-state index >= 15 is 0 Å². The Hall–Kier alpha value is -0.770. The lowest BCUT2D eigenvalue weighted by atomic mass is 10.3. The molecule has 2 heterocycles. The van der Waals surface area contributed by atoms with E-state index in [1.165, 1.54) is 0 Å². The van der Waals surface area contributed by atoms with E-state index in [1.54, 1.807) is 0 Å². The average Bonchev–Trinajstić information content (AvgIpc) is 2.58. The summed E-state index contributed by atoms with van der Waals surface area (Å²) in [6.07, 6.45) is -0.607. The van der Waals surface area contributed by atoms with Crippen LogP contribution in [0.15, 0.2) is 0 Å². The molecule has 2 aliphatic rings. The van der Waals surface area contributed by atoms with Crippen molar-refractivity contribution in [2.24, 2.45) is 0 Å². The Labute approximate surface area is 51.7 Å². The van der Waals surface area contributed by atoms with Crippen LogP contribution in [-0.2, 0) is 14.2 Å². The topological polar surface area (TPSA) is 48.1 Å². The second kappa shape index (κ2) is 1.60. The number of hydrogen-bond donors (Lipinski definition) is 0. The highest BCUT2D eigenvalue weighted by atomic mass is 16.8. The molecular formula is C5H6O4. The Morgan fingerprint density at radius 2 is 2.11 bits per heavy atom. The van der Waals surface area contributed by atoms with Crippen molar-refractivity contribution < 1.29 is 19.0 Å². The highest BCUT2D eigenvalue weighted by molar-refractivity contribution is 5.62. The van der Waals surface area contributed by atoms with Gasteiger partial charge in [-0.25, -0.2) is 4.79 Å². The molecule has 2 unspecified atom stereocenters. The Morgan fingerprint density at radius 1 is 1.33 bits per heavy atom. The van der Waals surface area contributed by atoms with E-state index in [0.29, 0.717) is 13.2 Å². The standard InChI is InChI=1S/C5H6O4/c6-5-8-2-4(9-5)3-1-7-3/h3-4H,1-2H2. The van der Waals surface area contributed by atoms with Gasteiger partial charge in [0.2, 0.25) is 0 Å². The normalized spacial score (nSPS) is 39.8. The summed E-state index contributed by atoms with van der Waals surface area (Å²) in [7, 11) is 0. The van der Waals surface area contributed by atoms with Crippen LogP contribution < -0.4 is 0 Å². The summed E-state index contributed by atoms with van der Waals surface area (Å²) < 4.78 is 14.1. The molecule has 0 aromatic carbocycles. The van der Waals surface area contributed by atoms with Crippen LogP contribution in [0.3, 0.4) is 0 Å². The molecule has 2 saturated heterocycles. The van der Waals surface area contributed by atoms with Gasteiger partial charge < -0.3 is 14.2 Å². The first-order chi connectivity index (χ1) is 4.36. The molecule has 50 valence electrons. The van der Waals surface area contributed by atoms with Crippen molar-refractivity contribution in [2.45, 2.75) is 12.2 Å². The number of hydrogen-bond acceptors (Lipinski definition) is 4. The van der Waals surface area contributed by atoms with Crippen LogP contribution in [0, 0.1) is 0 Å². The van der Waals surface area contributed by atoms with Gasteiger partial charge in [0.1, 0.15) is 12.7 Å². The maximum atomic E-state index is 10.3. The van der Waals surface area contributed by atoms with Crippen LogP contribution in [0.1, 0.15) is 0 Å². The molecule has 2 aliphatic heterocycles. The highest BCUT2D eigenvalue weighted by Gasteiger charge is 2.40. The molecule has 0 bridgehead atoms. The summed E-state index contributed by atoms with van der Waals surface area (Å²) in [6.45, 7) is 1.05. The van der Waals surface area contributed by atoms with Gasteiger partial charge >= 0.3 is 6.16 Å². The van der Waals surface area contributed by atoms with E-state index in [0.717, 1.165) is 0 Å². The highest BCUT2D eigenvalue weighted by Crippen LogP contribution is 2.21. The first kappa shape index (κ1) is 5.05. The first-order valence-electron chi connectivity index (χ1n) is 2.81. The Bertz CT molecular complexity index is 140. The second-order valence-corrected chi connectivity index (χ2v) is 2.09. The Kier molecular flexibility index (Phi) is 0.900. The molecule has 9 heavy (non-hydrogen) atoms. The van der Waals surface area contributed by atoms with E-state index in [-0.39, 0.29) is 12.2 Å². The number of carbonyl (C=O) groups excluding carboxylic acids is 1. The smallest absolute Gasteiger partial charge is 0.430 e. The summed E-state index contributed by atoms with van der Waals surface area (Å²) in [6, 6.07) is 0. The molecule has 0 spiro atoms. The van der Waals surface area contributed by atoms with Crippen molar-refractivity contribution in [2.75, 3.05) is 13.2 Å². The van der Waals surface area contributed by atoms with Gasteiger partial charge in [-0.1, -0.05) is 0 Å². The minimum atomic E-state index is -0.574. The molecular weight excluding hydrogens is 124 g/mol. The molecule has 0 aromatic heterocycles. The van der Waals surface area contributed by atoms with Crippen LogP contribution in [0.4, 0.5) is 4.79 Å². The van der Waals surface area contributed by atoms with Crippen LogP contribution in [0.2, 0.25) is 0 Å².